The summed E-state index contributed by atoms with van der Waals surface area (Å²) in [6.07, 6.45) is 9.23. The van der Waals surface area contributed by atoms with E-state index in [9.17, 15) is 9.59 Å². The van der Waals surface area contributed by atoms with E-state index in [1.54, 1.807) is 0 Å². The molecule has 148 valence electrons. The van der Waals surface area contributed by atoms with Crippen molar-refractivity contribution in [3.05, 3.63) is 27.4 Å². The van der Waals surface area contributed by atoms with Crippen molar-refractivity contribution in [2.24, 2.45) is 5.92 Å². The van der Waals surface area contributed by atoms with E-state index in [0.29, 0.717) is 24.2 Å². The molecular formula is C21H32N4O2. The monoisotopic (exact) mass is 372 g/mol. The van der Waals surface area contributed by atoms with Gasteiger partial charge in [-0.15, -0.1) is 0 Å². The van der Waals surface area contributed by atoms with Gasteiger partial charge in [0.15, 0.2) is 0 Å². The molecule has 0 spiro atoms. The molecule has 1 unspecified atom stereocenters. The lowest BCUT2D eigenvalue weighted by Gasteiger charge is -2.41. The van der Waals surface area contributed by atoms with Gasteiger partial charge >= 0.3 is 0 Å². The van der Waals surface area contributed by atoms with E-state index in [4.69, 9.17) is 0 Å². The number of hydrogen-bond donors (Lipinski definition) is 1. The number of hydrogen-bond acceptors (Lipinski definition) is 4. The molecule has 1 aromatic rings. The van der Waals surface area contributed by atoms with Crippen LogP contribution in [0.3, 0.4) is 0 Å². The predicted octanol–water partition coefficient (Wildman–Crippen LogP) is 2.05. The summed E-state index contributed by atoms with van der Waals surface area (Å²) in [6.45, 7) is 6.07. The van der Waals surface area contributed by atoms with Gasteiger partial charge in [-0.2, -0.15) is 0 Å². The Bertz CT molecular complexity index is 730. The number of aromatic amines is 1. The van der Waals surface area contributed by atoms with Gasteiger partial charge in [0.1, 0.15) is 5.82 Å². The Balaban J connectivity index is 1.34. The van der Waals surface area contributed by atoms with Gasteiger partial charge in [-0.05, 0) is 71.4 Å². The topological polar surface area (TPSA) is 69.3 Å². The average Bonchev–Trinajstić information content (AvgIpc) is 2.91. The van der Waals surface area contributed by atoms with Gasteiger partial charge in [-0.1, -0.05) is 6.42 Å². The van der Waals surface area contributed by atoms with Crippen LogP contribution in [-0.4, -0.2) is 57.9 Å². The first-order valence-corrected chi connectivity index (χ1v) is 10.7. The van der Waals surface area contributed by atoms with E-state index in [2.05, 4.69) is 19.8 Å². The third-order valence-electron chi connectivity index (χ3n) is 6.72. The standard InChI is InChI=1S/C21H32N4O2/c1-15-22-19-8-6-16(5-7-18(19)20(26)23-15)21(27)25-13-9-17(10-14-25)24-11-3-2-4-12-24/h16-17H,2-14H2,1H3,(H,22,23,26). The lowest BCUT2D eigenvalue weighted by Crippen LogP contribution is -2.49. The number of carbonyl (C=O) groups is 1. The van der Waals surface area contributed by atoms with Gasteiger partial charge in [0.25, 0.3) is 5.56 Å². The van der Waals surface area contributed by atoms with E-state index < -0.39 is 0 Å². The number of carbonyl (C=O) groups excluding carboxylic acids is 1. The maximum Gasteiger partial charge on any atom is 0.254 e. The number of likely N-dealkylation sites (tertiary alicyclic amines) is 2. The van der Waals surface area contributed by atoms with Crippen LogP contribution in [0.1, 0.15) is 62.0 Å². The molecular weight excluding hydrogens is 340 g/mol. The van der Waals surface area contributed by atoms with Crippen LogP contribution in [0.5, 0.6) is 0 Å². The van der Waals surface area contributed by atoms with Crippen LogP contribution in [0.4, 0.5) is 0 Å². The first-order valence-electron chi connectivity index (χ1n) is 10.7. The lowest BCUT2D eigenvalue weighted by atomic mass is 9.95. The SMILES string of the molecule is Cc1nc2c(c(=O)[nH]1)CCC(C(=O)N1CCC(N3CCCCC3)CC1)CC2. The summed E-state index contributed by atoms with van der Waals surface area (Å²) in [7, 11) is 0. The Morgan fingerprint density at radius 1 is 1.00 bits per heavy atom. The Morgan fingerprint density at radius 2 is 1.70 bits per heavy atom. The highest BCUT2D eigenvalue weighted by Gasteiger charge is 2.32. The van der Waals surface area contributed by atoms with Gasteiger partial charge < -0.3 is 14.8 Å². The minimum Gasteiger partial charge on any atom is -0.342 e. The summed E-state index contributed by atoms with van der Waals surface area (Å²) >= 11 is 0. The highest BCUT2D eigenvalue weighted by atomic mass is 16.2. The summed E-state index contributed by atoms with van der Waals surface area (Å²) in [5, 5.41) is 0. The van der Waals surface area contributed by atoms with Crippen molar-refractivity contribution in [2.75, 3.05) is 26.2 Å². The molecule has 27 heavy (non-hydrogen) atoms. The number of rotatable bonds is 2. The molecule has 0 saturated carbocycles. The molecule has 1 amide bonds. The van der Waals surface area contributed by atoms with E-state index in [0.717, 1.165) is 56.5 Å². The first kappa shape index (κ1) is 18.7. The van der Waals surface area contributed by atoms with Crippen LogP contribution in [0.15, 0.2) is 4.79 Å². The van der Waals surface area contributed by atoms with Crippen LogP contribution < -0.4 is 5.56 Å². The van der Waals surface area contributed by atoms with Crippen molar-refractivity contribution in [1.82, 2.24) is 19.8 Å². The van der Waals surface area contributed by atoms with Gasteiger partial charge in [0.05, 0.1) is 5.69 Å². The Hall–Kier alpha value is -1.69. The second kappa shape index (κ2) is 8.13. The highest BCUT2D eigenvalue weighted by Crippen LogP contribution is 2.26. The van der Waals surface area contributed by atoms with Crippen LogP contribution in [0, 0.1) is 12.8 Å². The molecule has 1 N–H and O–H groups in total. The van der Waals surface area contributed by atoms with E-state index in [-0.39, 0.29) is 11.5 Å². The van der Waals surface area contributed by atoms with Gasteiger partial charge in [-0.25, -0.2) is 4.98 Å². The first-order chi connectivity index (χ1) is 13.1. The van der Waals surface area contributed by atoms with Crippen molar-refractivity contribution >= 4 is 5.91 Å². The van der Waals surface area contributed by atoms with Crippen molar-refractivity contribution in [2.45, 2.75) is 70.8 Å². The third kappa shape index (κ3) is 4.10. The Kier molecular flexibility index (Phi) is 5.62. The summed E-state index contributed by atoms with van der Waals surface area (Å²) in [5.41, 5.74) is 1.67. The number of piperidine rings is 2. The van der Waals surface area contributed by atoms with E-state index in [1.807, 2.05) is 6.92 Å². The summed E-state index contributed by atoms with van der Waals surface area (Å²) < 4.78 is 0. The fourth-order valence-electron chi connectivity index (χ4n) is 5.15. The predicted molar refractivity (Wildman–Crippen MR) is 105 cm³/mol. The van der Waals surface area contributed by atoms with Gasteiger partial charge in [0.2, 0.25) is 5.91 Å². The average molecular weight is 373 g/mol. The summed E-state index contributed by atoms with van der Waals surface area (Å²) in [5.74, 6) is 1.00. The minimum absolute atomic E-state index is 0.0204. The maximum atomic E-state index is 13.1. The molecule has 1 atom stereocenters. The zero-order valence-electron chi connectivity index (χ0n) is 16.5. The third-order valence-corrected chi connectivity index (χ3v) is 6.72. The smallest absolute Gasteiger partial charge is 0.254 e. The zero-order chi connectivity index (χ0) is 18.8. The molecule has 6 nitrogen and oxygen atoms in total. The quantitative estimate of drug-likeness (QED) is 0.807. The largest absolute Gasteiger partial charge is 0.342 e. The van der Waals surface area contributed by atoms with Crippen LogP contribution in [0.25, 0.3) is 0 Å². The molecule has 0 aromatic carbocycles. The fourth-order valence-corrected chi connectivity index (χ4v) is 5.15. The van der Waals surface area contributed by atoms with Gasteiger partial charge in [-0.3, -0.25) is 9.59 Å². The number of nitrogens with zero attached hydrogens (tertiary/aromatic N) is 3. The van der Waals surface area contributed by atoms with Crippen molar-refractivity contribution in [3.63, 3.8) is 0 Å². The van der Waals surface area contributed by atoms with Crippen LogP contribution in [0.2, 0.25) is 0 Å². The van der Waals surface area contributed by atoms with Crippen molar-refractivity contribution in [1.29, 1.82) is 0 Å². The number of H-pyrrole nitrogens is 1. The molecule has 2 saturated heterocycles. The number of amides is 1. The molecule has 1 aromatic heterocycles. The maximum absolute atomic E-state index is 13.1. The Labute approximate surface area is 161 Å². The summed E-state index contributed by atoms with van der Waals surface area (Å²) in [4.78, 5) is 37.4. The molecule has 4 rings (SSSR count). The second-order valence-electron chi connectivity index (χ2n) is 8.50. The molecule has 3 heterocycles. The molecule has 2 fully saturated rings. The number of nitrogens with one attached hydrogen (secondary N) is 1. The van der Waals surface area contributed by atoms with Crippen molar-refractivity contribution < 1.29 is 4.79 Å². The molecule has 0 bridgehead atoms. The summed E-state index contributed by atoms with van der Waals surface area (Å²) in [6, 6.07) is 0.665. The molecule has 3 aliphatic rings. The normalized spacial score (nSPS) is 25.1. The molecule has 6 heteroatoms. The van der Waals surface area contributed by atoms with Gasteiger partial charge in [0, 0.05) is 30.6 Å². The molecule has 0 radical (unpaired) electrons. The second-order valence-corrected chi connectivity index (χ2v) is 8.50. The number of aromatic nitrogens is 2. The lowest BCUT2D eigenvalue weighted by molar-refractivity contribution is -0.137. The number of fused-ring (bicyclic) bond motifs is 1. The van der Waals surface area contributed by atoms with Crippen LogP contribution in [-0.2, 0) is 17.6 Å². The molecule has 2 aliphatic heterocycles. The fraction of sp³-hybridized carbons (Fsp3) is 0.762. The van der Waals surface area contributed by atoms with E-state index >= 15 is 0 Å². The van der Waals surface area contributed by atoms with E-state index in [1.165, 1.54) is 32.4 Å². The number of aryl methyl sites for hydroxylation is 2. The zero-order valence-corrected chi connectivity index (χ0v) is 16.5. The van der Waals surface area contributed by atoms with Crippen molar-refractivity contribution in [3.8, 4) is 0 Å². The minimum atomic E-state index is -0.0204. The Morgan fingerprint density at radius 3 is 2.44 bits per heavy atom. The highest BCUT2D eigenvalue weighted by molar-refractivity contribution is 5.79. The van der Waals surface area contributed by atoms with Crippen LogP contribution >= 0.6 is 0 Å². The molecule has 1 aliphatic carbocycles.